The molecule has 2 saturated carbocycles. The third-order valence-electron chi connectivity index (χ3n) is 8.75. The van der Waals surface area contributed by atoms with E-state index in [1.54, 1.807) is 12.1 Å². The summed E-state index contributed by atoms with van der Waals surface area (Å²) in [6.45, 7) is 8.97. The highest BCUT2D eigenvalue weighted by Gasteiger charge is 2.55. The highest BCUT2D eigenvalue weighted by molar-refractivity contribution is 6.47. The van der Waals surface area contributed by atoms with Crippen molar-refractivity contribution in [3.63, 3.8) is 0 Å². The predicted molar refractivity (Wildman–Crippen MR) is 147 cm³/mol. The fourth-order valence-corrected chi connectivity index (χ4v) is 6.65. The van der Waals surface area contributed by atoms with Crippen LogP contribution in [0.5, 0.6) is 0 Å². The van der Waals surface area contributed by atoms with Crippen LogP contribution >= 0.6 is 11.6 Å². The van der Waals surface area contributed by atoms with Gasteiger partial charge in [-0.15, -0.1) is 0 Å². The van der Waals surface area contributed by atoms with Crippen LogP contribution in [0.15, 0.2) is 47.5 Å². The van der Waals surface area contributed by atoms with E-state index < -0.39 is 11.6 Å². The molecular weight excluding hydrogens is 484 g/mol. The molecule has 1 unspecified atom stereocenters. The molecule has 0 bridgehead atoms. The molecule has 196 valence electrons. The Kier molecular flexibility index (Phi) is 6.72. The van der Waals surface area contributed by atoms with Gasteiger partial charge >= 0.3 is 5.97 Å². The summed E-state index contributed by atoms with van der Waals surface area (Å²) in [6.07, 6.45) is 6.66. The zero-order valence-electron chi connectivity index (χ0n) is 22.3. The summed E-state index contributed by atoms with van der Waals surface area (Å²) in [4.78, 5) is 33.1. The minimum atomic E-state index is -0.943. The molecule has 2 aromatic rings. The molecule has 37 heavy (non-hydrogen) atoms. The number of rotatable bonds is 6. The van der Waals surface area contributed by atoms with Crippen LogP contribution < -0.4 is 0 Å². The third-order valence-corrected chi connectivity index (χ3v) is 9.11. The Balaban J connectivity index is 1.57. The molecule has 1 aliphatic heterocycles. The number of carbonyl (C=O) groups is 2. The maximum absolute atomic E-state index is 14.3. The van der Waals surface area contributed by atoms with E-state index in [0.29, 0.717) is 22.6 Å². The lowest BCUT2D eigenvalue weighted by Gasteiger charge is -2.47. The second kappa shape index (κ2) is 9.58. The highest BCUT2D eigenvalue weighted by Crippen LogP contribution is 2.54. The number of hydrogen-bond donors (Lipinski definition) is 1. The fourth-order valence-electron chi connectivity index (χ4n) is 6.33. The number of carboxylic acids is 1. The topological polar surface area (TPSA) is 70.0 Å². The number of nitrogens with zero attached hydrogens (tertiary/aromatic N) is 2. The van der Waals surface area contributed by atoms with Crippen LogP contribution in [0.25, 0.3) is 0 Å². The molecule has 5 rings (SSSR count). The number of carbonyl (C=O) groups excluding carboxylic acids is 1. The van der Waals surface area contributed by atoms with Crippen LogP contribution in [-0.4, -0.2) is 33.3 Å². The zero-order valence-corrected chi connectivity index (χ0v) is 23.0. The summed E-state index contributed by atoms with van der Waals surface area (Å²) in [5.74, 6) is -0.0326. The third kappa shape index (κ3) is 4.83. The van der Waals surface area contributed by atoms with Gasteiger partial charge in [0, 0.05) is 10.6 Å². The van der Waals surface area contributed by atoms with Crippen LogP contribution in [0.2, 0.25) is 5.02 Å². The van der Waals surface area contributed by atoms with Gasteiger partial charge in [-0.3, -0.25) is 9.79 Å². The summed E-state index contributed by atoms with van der Waals surface area (Å²) in [7, 11) is 0. The van der Waals surface area contributed by atoms with Crippen molar-refractivity contribution >= 4 is 29.2 Å². The van der Waals surface area contributed by atoms with E-state index in [1.807, 2.05) is 30.3 Å². The standard InChI is InChI=1S/C31H37ClN2O3/c1-5-19-6-13-23(18-25(19)32)26-28(35)34(31(33-26)16-14-24(15-17-31)30(2,3)4)27(20-7-8-20)21-9-11-22(12-10-21)29(36)37/h6,9-13,18,20,24,27H,5,7-8,14-17H2,1-4H3,(H,36,37). The van der Waals surface area contributed by atoms with E-state index in [2.05, 4.69) is 32.6 Å². The Morgan fingerprint density at radius 1 is 1.11 bits per heavy atom. The molecule has 1 atom stereocenters. The van der Waals surface area contributed by atoms with Crippen LogP contribution in [0, 0.1) is 17.3 Å². The molecule has 2 aliphatic carbocycles. The van der Waals surface area contributed by atoms with E-state index >= 15 is 0 Å². The summed E-state index contributed by atoms with van der Waals surface area (Å²) in [6, 6.07) is 12.8. The maximum atomic E-state index is 14.3. The van der Waals surface area contributed by atoms with Gasteiger partial charge < -0.3 is 10.0 Å². The highest BCUT2D eigenvalue weighted by atomic mass is 35.5. The largest absolute Gasteiger partial charge is 0.478 e. The van der Waals surface area contributed by atoms with Gasteiger partial charge in [-0.05, 0) is 91.5 Å². The van der Waals surface area contributed by atoms with E-state index in [1.165, 1.54) is 0 Å². The first-order valence-electron chi connectivity index (χ1n) is 13.6. The summed E-state index contributed by atoms with van der Waals surface area (Å²) in [5.41, 5.74) is 3.23. The van der Waals surface area contributed by atoms with E-state index in [0.717, 1.165) is 61.6 Å². The molecule has 0 radical (unpaired) electrons. The van der Waals surface area contributed by atoms with Crippen molar-refractivity contribution in [2.24, 2.45) is 22.2 Å². The van der Waals surface area contributed by atoms with Crippen molar-refractivity contribution in [1.82, 2.24) is 4.90 Å². The average Bonchev–Trinajstić information content (AvgIpc) is 3.66. The van der Waals surface area contributed by atoms with Gasteiger partial charge in [-0.25, -0.2) is 4.79 Å². The lowest BCUT2D eigenvalue weighted by Crippen LogP contribution is -2.52. The van der Waals surface area contributed by atoms with Gasteiger partial charge in [0.1, 0.15) is 11.4 Å². The van der Waals surface area contributed by atoms with Gasteiger partial charge in [0.05, 0.1) is 11.6 Å². The van der Waals surface area contributed by atoms with Gasteiger partial charge in [0.25, 0.3) is 5.91 Å². The molecule has 0 saturated heterocycles. The Morgan fingerprint density at radius 3 is 2.27 bits per heavy atom. The number of hydrogen-bond acceptors (Lipinski definition) is 3. The lowest BCUT2D eigenvalue weighted by molar-refractivity contribution is -0.134. The van der Waals surface area contributed by atoms with Gasteiger partial charge in [0.2, 0.25) is 0 Å². The zero-order chi connectivity index (χ0) is 26.5. The lowest BCUT2D eigenvalue weighted by atomic mass is 9.69. The van der Waals surface area contributed by atoms with Crippen molar-refractivity contribution < 1.29 is 14.7 Å². The van der Waals surface area contributed by atoms with E-state index in [-0.39, 0.29) is 22.9 Å². The Morgan fingerprint density at radius 2 is 1.76 bits per heavy atom. The molecule has 1 spiro atoms. The van der Waals surface area contributed by atoms with Gasteiger partial charge in [-0.1, -0.05) is 63.6 Å². The molecular formula is C31H37ClN2O3. The normalized spacial score (nSPS) is 24.9. The van der Waals surface area contributed by atoms with Crippen molar-refractivity contribution in [3.8, 4) is 0 Å². The molecule has 2 aromatic carbocycles. The predicted octanol–water partition coefficient (Wildman–Crippen LogP) is 7.32. The van der Waals surface area contributed by atoms with Crippen molar-refractivity contribution in [3.05, 3.63) is 69.7 Å². The number of amides is 1. The quantitative estimate of drug-likeness (QED) is 0.434. The smallest absolute Gasteiger partial charge is 0.335 e. The molecule has 1 N–H and O–H groups in total. The number of benzene rings is 2. The van der Waals surface area contributed by atoms with Crippen LogP contribution in [0.4, 0.5) is 0 Å². The Hall–Kier alpha value is -2.66. The van der Waals surface area contributed by atoms with Crippen LogP contribution in [0.1, 0.15) is 99.3 Å². The summed E-state index contributed by atoms with van der Waals surface area (Å²) in [5, 5.41) is 10.1. The maximum Gasteiger partial charge on any atom is 0.335 e. The van der Waals surface area contributed by atoms with E-state index in [9.17, 15) is 14.7 Å². The van der Waals surface area contributed by atoms with Crippen LogP contribution in [-0.2, 0) is 11.2 Å². The minimum Gasteiger partial charge on any atom is -0.478 e. The first-order valence-corrected chi connectivity index (χ1v) is 14.0. The number of aryl methyl sites for hydroxylation is 1. The number of halogens is 1. The van der Waals surface area contributed by atoms with Crippen molar-refractivity contribution in [1.29, 1.82) is 0 Å². The number of aromatic carboxylic acids is 1. The fraction of sp³-hybridized carbons (Fsp3) is 0.516. The SMILES string of the molecule is CCc1ccc(C2=NC3(CCC(C(C)(C)C)CC3)N(C(c3ccc(C(=O)O)cc3)C3CC3)C2=O)cc1Cl. The first-order chi connectivity index (χ1) is 17.5. The molecule has 2 fully saturated rings. The van der Waals surface area contributed by atoms with Crippen LogP contribution in [0.3, 0.4) is 0 Å². The average molecular weight is 521 g/mol. The summed E-state index contributed by atoms with van der Waals surface area (Å²) < 4.78 is 0. The molecule has 5 nitrogen and oxygen atoms in total. The Labute approximate surface area is 224 Å². The van der Waals surface area contributed by atoms with E-state index in [4.69, 9.17) is 16.6 Å². The molecule has 1 heterocycles. The Bertz CT molecular complexity index is 1230. The molecule has 6 heteroatoms. The minimum absolute atomic E-state index is 0.0336. The second-order valence-corrected chi connectivity index (χ2v) is 12.5. The van der Waals surface area contributed by atoms with Crippen molar-refractivity contribution in [2.75, 3.05) is 0 Å². The van der Waals surface area contributed by atoms with Gasteiger partial charge in [-0.2, -0.15) is 0 Å². The summed E-state index contributed by atoms with van der Waals surface area (Å²) >= 11 is 6.57. The number of carboxylic acid groups (broad SMARTS) is 1. The molecule has 3 aliphatic rings. The first kappa shape index (κ1) is 26.0. The number of aliphatic imine (C=N–C) groups is 1. The molecule has 0 aromatic heterocycles. The molecule has 1 amide bonds. The monoisotopic (exact) mass is 520 g/mol. The van der Waals surface area contributed by atoms with Gasteiger partial charge in [0.15, 0.2) is 0 Å². The van der Waals surface area contributed by atoms with Crippen molar-refractivity contribution in [2.45, 2.75) is 84.3 Å². The second-order valence-electron chi connectivity index (χ2n) is 12.1.